The summed E-state index contributed by atoms with van der Waals surface area (Å²) < 4.78 is 8.82. The first-order valence-electron chi connectivity index (χ1n) is 4.35. The third kappa shape index (κ3) is 3.77. The van der Waals surface area contributed by atoms with Crippen molar-refractivity contribution in [2.75, 3.05) is 13.2 Å². The molecule has 0 amide bonds. The monoisotopic (exact) mass is 213 g/mol. The van der Waals surface area contributed by atoms with Gasteiger partial charge in [0, 0.05) is 0 Å². The topological polar surface area (TPSA) is 93.5 Å². The molecule has 0 N–H and O–H groups in total. The SMILES string of the molecule is CCOC(=O)C(=O)C(C#N)C(=O)OCC. The number of nitriles is 1. The van der Waals surface area contributed by atoms with Crippen LogP contribution in [0.15, 0.2) is 0 Å². The number of ether oxygens (including phenoxy) is 2. The molecule has 1 atom stereocenters. The Hall–Kier alpha value is -1.90. The lowest BCUT2D eigenvalue weighted by atomic mass is 10.1. The number of hydrogen-bond acceptors (Lipinski definition) is 6. The fourth-order valence-corrected chi connectivity index (χ4v) is 0.764. The summed E-state index contributed by atoms with van der Waals surface area (Å²) in [6, 6.07) is 1.40. The fourth-order valence-electron chi connectivity index (χ4n) is 0.764. The molecule has 0 rings (SSSR count). The number of nitrogens with zero attached hydrogens (tertiary/aromatic N) is 1. The zero-order valence-electron chi connectivity index (χ0n) is 8.48. The third-order valence-electron chi connectivity index (χ3n) is 1.39. The summed E-state index contributed by atoms with van der Waals surface area (Å²) >= 11 is 0. The van der Waals surface area contributed by atoms with Crippen molar-refractivity contribution in [3.05, 3.63) is 0 Å². The number of hydrogen-bond donors (Lipinski definition) is 0. The maximum Gasteiger partial charge on any atom is 0.376 e. The maximum atomic E-state index is 11.2. The smallest absolute Gasteiger partial charge is 0.376 e. The number of ketones is 1. The van der Waals surface area contributed by atoms with Crippen LogP contribution in [-0.4, -0.2) is 30.9 Å². The first-order valence-corrected chi connectivity index (χ1v) is 4.35. The van der Waals surface area contributed by atoms with Gasteiger partial charge in [-0.3, -0.25) is 9.59 Å². The van der Waals surface area contributed by atoms with Crippen LogP contribution < -0.4 is 0 Å². The third-order valence-corrected chi connectivity index (χ3v) is 1.39. The van der Waals surface area contributed by atoms with Crippen molar-refractivity contribution in [3.8, 4) is 6.07 Å². The normalized spacial score (nSPS) is 11.0. The summed E-state index contributed by atoms with van der Waals surface area (Å²) in [5.41, 5.74) is 0. The molecule has 1 unspecified atom stereocenters. The molecule has 6 heteroatoms. The van der Waals surface area contributed by atoms with Crippen molar-refractivity contribution in [3.63, 3.8) is 0 Å². The molecule has 0 spiro atoms. The van der Waals surface area contributed by atoms with Crippen LogP contribution in [0.4, 0.5) is 0 Å². The van der Waals surface area contributed by atoms with Gasteiger partial charge in [-0.15, -0.1) is 0 Å². The van der Waals surface area contributed by atoms with E-state index in [-0.39, 0.29) is 13.2 Å². The summed E-state index contributed by atoms with van der Waals surface area (Å²) in [5.74, 6) is -5.16. The number of carbonyl (C=O) groups is 3. The molecule has 0 aliphatic carbocycles. The molecule has 0 radical (unpaired) electrons. The van der Waals surface area contributed by atoms with Crippen LogP contribution in [0.1, 0.15) is 13.8 Å². The van der Waals surface area contributed by atoms with E-state index in [2.05, 4.69) is 9.47 Å². The van der Waals surface area contributed by atoms with Gasteiger partial charge in [0.25, 0.3) is 5.78 Å². The van der Waals surface area contributed by atoms with Gasteiger partial charge in [0.15, 0.2) is 0 Å². The Kier molecular flexibility index (Phi) is 5.71. The standard InChI is InChI=1S/C9H11NO5/c1-3-14-8(12)6(5-10)7(11)9(13)15-4-2/h6H,3-4H2,1-2H3. The molecular weight excluding hydrogens is 202 g/mol. The van der Waals surface area contributed by atoms with E-state index < -0.39 is 23.6 Å². The van der Waals surface area contributed by atoms with Gasteiger partial charge < -0.3 is 9.47 Å². The van der Waals surface area contributed by atoms with Crippen molar-refractivity contribution in [2.45, 2.75) is 13.8 Å². The van der Waals surface area contributed by atoms with E-state index in [0.29, 0.717) is 0 Å². The van der Waals surface area contributed by atoms with Gasteiger partial charge in [-0.1, -0.05) is 0 Å². The zero-order valence-corrected chi connectivity index (χ0v) is 8.48. The first-order chi connectivity index (χ1) is 7.08. The lowest BCUT2D eigenvalue weighted by Crippen LogP contribution is -2.31. The summed E-state index contributed by atoms with van der Waals surface area (Å²) in [6.45, 7) is 3.08. The Labute approximate surface area is 86.8 Å². The van der Waals surface area contributed by atoms with Gasteiger partial charge >= 0.3 is 11.9 Å². The summed E-state index contributed by atoms with van der Waals surface area (Å²) in [6.07, 6.45) is 0. The Balaban J connectivity index is 4.56. The van der Waals surface area contributed by atoms with E-state index >= 15 is 0 Å². The molecule has 0 heterocycles. The average Bonchev–Trinajstić information content (AvgIpc) is 2.19. The molecule has 0 aromatic carbocycles. The average molecular weight is 213 g/mol. The first kappa shape index (κ1) is 13.1. The molecule has 15 heavy (non-hydrogen) atoms. The molecule has 6 nitrogen and oxygen atoms in total. The highest BCUT2D eigenvalue weighted by Crippen LogP contribution is 2.02. The molecule has 0 aromatic rings. The van der Waals surface area contributed by atoms with Gasteiger partial charge in [-0.25, -0.2) is 4.79 Å². The second kappa shape index (κ2) is 6.54. The van der Waals surface area contributed by atoms with E-state index in [4.69, 9.17) is 5.26 Å². The van der Waals surface area contributed by atoms with Crippen LogP contribution in [-0.2, 0) is 23.9 Å². The van der Waals surface area contributed by atoms with Crippen LogP contribution in [0.25, 0.3) is 0 Å². The Morgan fingerprint density at radius 2 is 1.73 bits per heavy atom. The Morgan fingerprint density at radius 1 is 1.20 bits per heavy atom. The van der Waals surface area contributed by atoms with Gasteiger partial charge in [-0.05, 0) is 13.8 Å². The van der Waals surface area contributed by atoms with E-state index in [1.165, 1.54) is 19.9 Å². The quantitative estimate of drug-likeness (QED) is 0.357. The largest absolute Gasteiger partial charge is 0.465 e. The second-order valence-electron chi connectivity index (χ2n) is 2.40. The molecule has 0 saturated heterocycles. The van der Waals surface area contributed by atoms with E-state index in [0.717, 1.165) is 0 Å². The molecule has 0 aliphatic rings. The van der Waals surface area contributed by atoms with Crippen molar-refractivity contribution in [1.29, 1.82) is 5.26 Å². The molecular formula is C9H11NO5. The molecule has 0 bridgehead atoms. The zero-order chi connectivity index (χ0) is 11.8. The number of Topliss-reactive ketones (excluding diaryl/α,β-unsaturated/α-hetero) is 1. The van der Waals surface area contributed by atoms with Crippen LogP contribution in [0.2, 0.25) is 0 Å². The summed E-state index contributed by atoms with van der Waals surface area (Å²) in [7, 11) is 0. The predicted octanol–water partition coefficient (Wildman–Crippen LogP) is -0.179. The second-order valence-corrected chi connectivity index (χ2v) is 2.40. The van der Waals surface area contributed by atoms with Crippen LogP contribution in [0.3, 0.4) is 0 Å². The Bertz CT molecular complexity index is 304. The van der Waals surface area contributed by atoms with Gasteiger partial charge in [0.1, 0.15) is 0 Å². The van der Waals surface area contributed by atoms with E-state index in [9.17, 15) is 14.4 Å². The Morgan fingerprint density at radius 3 is 2.13 bits per heavy atom. The van der Waals surface area contributed by atoms with Crippen LogP contribution >= 0.6 is 0 Å². The highest BCUT2D eigenvalue weighted by atomic mass is 16.5. The van der Waals surface area contributed by atoms with Crippen LogP contribution in [0.5, 0.6) is 0 Å². The lowest BCUT2D eigenvalue weighted by molar-refractivity contribution is -0.160. The summed E-state index contributed by atoms with van der Waals surface area (Å²) in [5, 5.41) is 8.53. The highest BCUT2D eigenvalue weighted by molar-refractivity contribution is 6.38. The summed E-state index contributed by atoms with van der Waals surface area (Å²) in [4.78, 5) is 33.2. The highest BCUT2D eigenvalue weighted by Gasteiger charge is 2.33. The molecule has 0 aliphatic heterocycles. The number of carbonyl (C=O) groups excluding carboxylic acids is 3. The molecule has 0 saturated carbocycles. The van der Waals surface area contributed by atoms with Crippen molar-refractivity contribution in [1.82, 2.24) is 0 Å². The van der Waals surface area contributed by atoms with Gasteiger partial charge in [0.2, 0.25) is 5.92 Å². The molecule has 82 valence electrons. The van der Waals surface area contributed by atoms with Gasteiger partial charge in [-0.2, -0.15) is 5.26 Å². The van der Waals surface area contributed by atoms with Crippen molar-refractivity contribution in [2.24, 2.45) is 5.92 Å². The number of esters is 2. The molecule has 0 aromatic heterocycles. The minimum absolute atomic E-state index is 0.00550. The van der Waals surface area contributed by atoms with Crippen molar-refractivity contribution >= 4 is 17.7 Å². The minimum atomic E-state index is -1.73. The van der Waals surface area contributed by atoms with E-state index in [1.54, 1.807) is 0 Å². The minimum Gasteiger partial charge on any atom is -0.465 e. The maximum absolute atomic E-state index is 11.2. The lowest BCUT2D eigenvalue weighted by Gasteiger charge is -2.06. The van der Waals surface area contributed by atoms with Gasteiger partial charge in [0.05, 0.1) is 19.3 Å². The fraction of sp³-hybridized carbons (Fsp3) is 0.556. The predicted molar refractivity (Wildman–Crippen MR) is 47.4 cm³/mol. The number of rotatable bonds is 5. The van der Waals surface area contributed by atoms with Crippen molar-refractivity contribution < 1.29 is 23.9 Å². The van der Waals surface area contributed by atoms with Crippen LogP contribution in [0, 0.1) is 17.2 Å². The van der Waals surface area contributed by atoms with E-state index in [1.807, 2.05) is 0 Å². The molecule has 0 fully saturated rings.